The van der Waals surface area contributed by atoms with Crippen molar-refractivity contribution in [2.45, 2.75) is 39.0 Å². The first-order valence-electron chi connectivity index (χ1n) is 13.6. The Kier molecular flexibility index (Phi) is 9.17. The van der Waals surface area contributed by atoms with Gasteiger partial charge >= 0.3 is 6.09 Å². The van der Waals surface area contributed by atoms with Gasteiger partial charge in [-0.2, -0.15) is 0 Å². The normalized spacial score (nSPS) is 11.9. The first-order chi connectivity index (χ1) is 19.9. The fourth-order valence-electron chi connectivity index (χ4n) is 5.00. The number of aromatic nitrogens is 3. The van der Waals surface area contributed by atoms with Gasteiger partial charge in [-0.15, -0.1) is 0 Å². The molecular formula is C32H32Cl2N4O3. The van der Waals surface area contributed by atoms with Crippen molar-refractivity contribution >= 4 is 40.2 Å². The second-order valence-electron chi connectivity index (χ2n) is 9.79. The van der Waals surface area contributed by atoms with E-state index in [1.165, 1.54) is 0 Å². The quantitative estimate of drug-likeness (QED) is 0.158. The standard InChI is InChI=1S/C32H32Cl2N4O3/c1-3-26-27-19-24(33)11-14-29(27)36-30(26)31(37(2)32(39)41-20-23-7-4-5-8-28(23)34)22-9-12-25(13-10-22)40-18-6-16-38-17-15-35-21-38/h4-5,7-15,17,19,21,31,36H,3,6,16,18,20H2,1-2H3. The van der Waals surface area contributed by atoms with Crippen LogP contribution in [0.2, 0.25) is 10.0 Å². The molecule has 0 aliphatic rings. The van der Waals surface area contributed by atoms with Crippen LogP contribution < -0.4 is 4.74 Å². The summed E-state index contributed by atoms with van der Waals surface area (Å²) in [5.41, 5.74) is 4.63. The van der Waals surface area contributed by atoms with Gasteiger partial charge in [0.1, 0.15) is 18.4 Å². The number of nitrogens with zero attached hydrogens (tertiary/aromatic N) is 3. The molecule has 0 radical (unpaired) electrons. The van der Waals surface area contributed by atoms with Gasteiger partial charge in [-0.25, -0.2) is 9.78 Å². The van der Waals surface area contributed by atoms with Crippen LogP contribution in [0.1, 0.15) is 41.8 Å². The number of halogens is 2. The fourth-order valence-corrected chi connectivity index (χ4v) is 5.37. The van der Waals surface area contributed by atoms with Gasteiger partial charge in [0, 0.05) is 58.2 Å². The Hall–Kier alpha value is -3.94. The number of hydrogen-bond acceptors (Lipinski definition) is 4. The van der Waals surface area contributed by atoms with Crippen LogP contribution in [0.5, 0.6) is 5.75 Å². The number of rotatable bonds is 11. The molecule has 0 fully saturated rings. The first kappa shape index (κ1) is 28.6. The zero-order valence-corrected chi connectivity index (χ0v) is 24.5. The predicted octanol–water partition coefficient (Wildman–Crippen LogP) is 8.06. The molecule has 5 aromatic rings. The van der Waals surface area contributed by atoms with E-state index in [9.17, 15) is 4.79 Å². The summed E-state index contributed by atoms with van der Waals surface area (Å²) in [6, 6.07) is 20.5. The molecule has 0 saturated carbocycles. The highest BCUT2D eigenvalue weighted by atomic mass is 35.5. The van der Waals surface area contributed by atoms with Gasteiger partial charge in [-0.3, -0.25) is 4.90 Å². The van der Waals surface area contributed by atoms with E-state index in [4.69, 9.17) is 32.7 Å². The summed E-state index contributed by atoms with van der Waals surface area (Å²) >= 11 is 12.6. The lowest BCUT2D eigenvalue weighted by atomic mass is 9.97. The minimum atomic E-state index is -0.464. The van der Waals surface area contributed by atoms with Crippen LogP contribution in [0.4, 0.5) is 4.79 Å². The van der Waals surface area contributed by atoms with Crippen LogP contribution in [0.15, 0.2) is 85.5 Å². The van der Waals surface area contributed by atoms with Gasteiger partial charge in [0.25, 0.3) is 0 Å². The van der Waals surface area contributed by atoms with Crippen LogP contribution >= 0.6 is 23.2 Å². The van der Waals surface area contributed by atoms with Crippen LogP contribution in [0.3, 0.4) is 0 Å². The molecule has 1 N–H and O–H groups in total. The van der Waals surface area contributed by atoms with Gasteiger partial charge in [0.05, 0.1) is 12.9 Å². The summed E-state index contributed by atoms with van der Waals surface area (Å²) in [6.07, 6.45) is 6.66. The van der Waals surface area contributed by atoms with Gasteiger partial charge in [-0.05, 0) is 60.4 Å². The smallest absolute Gasteiger partial charge is 0.410 e. The number of imidazole rings is 1. The highest BCUT2D eigenvalue weighted by Crippen LogP contribution is 2.36. The lowest BCUT2D eigenvalue weighted by Gasteiger charge is -2.28. The van der Waals surface area contributed by atoms with E-state index in [2.05, 4.69) is 16.9 Å². The Morgan fingerprint density at radius 1 is 1.10 bits per heavy atom. The van der Waals surface area contributed by atoms with Crippen LogP contribution in [0.25, 0.3) is 10.9 Å². The van der Waals surface area contributed by atoms with Gasteiger partial charge in [-0.1, -0.05) is 60.5 Å². The Morgan fingerprint density at radius 3 is 2.63 bits per heavy atom. The molecule has 2 aromatic heterocycles. The molecule has 7 nitrogen and oxygen atoms in total. The second-order valence-corrected chi connectivity index (χ2v) is 10.6. The van der Waals surface area contributed by atoms with Gasteiger partial charge in [0.2, 0.25) is 0 Å². The van der Waals surface area contributed by atoms with E-state index in [0.29, 0.717) is 16.7 Å². The van der Waals surface area contributed by atoms with Crippen molar-refractivity contribution in [3.05, 3.63) is 118 Å². The maximum atomic E-state index is 13.4. The summed E-state index contributed by atoms with van der Waals surface area (Å²) in [5.74, 6) is 0.765. The Balaban J connectivity index is 1.40. The molecule has 9 heteroatoms. The molecule has 41 heavy (non-hydrogen) atoms. The third kappa shape index (κ3) is 6.69. The number of benzene rings is 3. The number of amides is 1. The summed E-state index contributed by atoms with van der Waals surface area (Å²) in [6.45, 7) is 3.59. The van der Waals surface area contributed by atoms with Crippen molar-refractivity contribution in [2.75, 3.05) is 13.7 Å². The first-order valence-corrected chi connectivity index (χ1v) is 14.3. The van der Waals surface area contributed by atoms with Crippen molar-refractivity contribution in [1.29, 1.82) is 0 Å². The molecule has 0 saturated heterocycles. The third-order valence-electron chi connectivity index (χ3n) is 7.10. The average Bonchev–Trinajstić information content (AvgIpc) is 3.63. The Labute approximate surface area is 249 Å². The van der Waals surface area contributed by atoms with Crippen molar-refractivity contribution in [3.8, 4) is 5.75 Å². The number of H-pyrrole nitrogens is 1. The SMILES string of the molecule is CCc1c(C(c2ccc(OCCCn3ccnc3)cc2)N(C)C(=O)OCc2ccccc2Cl)[nH]c2ccc(Cl)cc12. The number of aryl methyl sites for hydroxylation is 2. The lowest BCUT2D eigenvalue weighted by molar-refractivity contribution is 0.0956. The largest absolute Gasteiger partial charge is 0.494 e. The molecule has 1 amide bonds. The number of ether oxygens (including phenoxy) is 2. The van der Waals surface area contributed by atoms with E-state index >= 15 is 0 Å². The number of hydrogen-bond donors (Lipinski definition) is 1. The molecule has 1 unspecified atom stereocenters. The molecule has 1 atom stereocenters. The number of nitrogens with one attached hydrogen (secondary N) is 1. The van der Waals surface area contributed by atoms with Crippen molar-refractivity contribution in [1.82, 2.24) is 19.4 Å². The van der Waals surface area contributed by atoms with Crippen molar-refractivity contribution in [3.63, 3.8) is 0 Å². The molecule has 0 aliphatic heterocycles. The molecule has 0 spiro atoms. The minimum Gasteiger partial charge on any atom is -0.494 e. The molecule has 2 heterocycles. The number of carbonyl (C=O) groups is 1. The van der Waals surface area contributed by atoms with E-state index in [0.717, 1.165) is 58.4 Å². The van der Waals surface area contributed by atoms with E-state index in [1.807, 2.05) is 71.4 Å². The van der Waals surface area contributed by atoms with E-state index in [1.54, 1.807) is 30.5 Å². The third-order valence-corrected chi connectivity index (χ3v) is 7.70. The maximum absolute atomic E-state index is 13.4. The number of aromatic amines is 1. The molecule has 212 valence electrons. The summed E-state index contributed by atoms with van der Waals surface area (Å²) in [7, 11) is 1.75. The van der Waals surface area contributed by atoms with Crippen LogP contribution in [-0.2, 0) is 24.3 Å². The average molecular weight is 592 g/mol. The van der Waals surface area contributed by atoms with Gasteiger partial charge < -0.3 is 19.0 Å². The molecule has 0 aliphatic carbocycles. The highest BCUT2D eigenvalue weighted by molar-refractivity contribution is 6.31. The fraction of sp³-hybridized carbons (Fsp3) is 0.250. The number of fused-ring (bicyclic) bond motifs is 1. The van der Waals surface area contributed by atoms with Crippen molar-refractivity contribution in [2.24, 2.45) is 0 Å². The van der Waals surface area contributed by atoms with Gasteiger partial charge in [0.15, 0.2) is 0 Å². The molecular weight excluding hydrogens is 559 g/mol. The molecule has 5 rings (SSSR count). The second kappa shape index (κ2) is 13.1. The summed E-state index contributed by atoms with van der Waals surface area (Å²) in [5, 5.41) is 2.26. The van der Waals surface area contributed by atoms with E-state index in [-0.39, 0.29) is 6.61 Å². The zero-order chi connectivity index (χ0) is 28.8. The van der Waals surface area contributed by atoms with Crippen LogP contribution in [0, 0.1) is 0 Å². The number of carbonyl (C=O) groups excluding carboxylic acids is 1. The summed E-state index contributed by atoms with van der Waals surface area (Å²) in [4.78, 5) is 22.7. The Morgan fingerprint density at radius 2 is 1.90 bits per heavy atom. The molecule has 0 bridgehead atoms. The predicted molar refractivity (Wildman–Crippen MR) is 163 cm³/mol. The topological polar surface area (TPSA) is 72.4 Å². The van der Waals surface area contributed by atoms with Crippen LogP contribution in [-0.4, -0.2) is 39.2 Å². The zero-order valence-electron chi connectivity index (χ0n) is 23.0. The Bertz CT molecular complexity index is 1600. The molecule has 3 aromatic carbocycles. The monoisotopic (exact) mass is 590 g/mol. The van der Waals surface area contributed by atoms with E-state index < -0.39 is 12.1 Å². The summed E-state index contributed by atoms with van der Waals surface area (Å²) < 4.78 is 13.7. The highest BCUT2D eigenvalue weighted by Gasteiger charge is 2.29. The lowest BCUT2D eigenvalue weighted by Crippen LogP contribution is -2.33. The van der Waals surface area contributed by atoms with Crippen molar-refractivity contribution < 1.29 is 14.3 Å². The minimum absolute atomic E-state index is 0.0738. The maximum Gasteiger partial charge on any atom is 0.410 e.